The number of allylic oxidation sites excluding steroid dienone is 3. The lowest BCUT2D eigenvalue weighted by molar-refractivity contribution is -0.178. The van der Waals surface area contributed by atoms with Crippen LogP contribution in [0.1, 0.15) is 31.1 Å². The first kappa shape index (κ1) is 34.7. The van der Waals surface area contributed by atoms with E-state index in [0.717, 1.165) is 23.3 Å². The van der Waals surface area contributed by atoms with Crippen LogP contribution in [0.3, 0.4) is 0 Å². The number of ether oxygens (including phenoxy) is 3. The lowest BCUT2D eigenvalue weighted by atomic mass is 9.79. The van der Waals surface area contributed by atoms with Crippen molar-refractivity contribution in [1.82, 2.24) is 10.2 Å². The number of hydrogen-bond donors (Lipinski definition) is 1. The number of rotatable bonds is 13. The highest BCUT2D eigenvalue weighted by Crippen LogP contribution is 2.44. The second-order valence-corrected chi connectivity index (χ2v) is 12.4. The molecule has 3 aromatic rings. The van der Waals surface area contributed by atoms with E-state index in [2.05, 4.69) is 5.32 Å². The van der Waals surface area contributed by atoms with Crippen LogP contribution in [0, 0.1) is 0 Å². The first-order valence-electron chi connectivity index (χ1n) is 15.4. The Morgan fingerprint density at radius 3 is 2.08 bits per heavy atom. The number of nitrogens with one attached hydrogen (secondary N) is 1. The molecule has 252 valence electrons. The van der Waals surface area contributed by atoms with Gasteiger partial charge in [0.05, 0.1) is 10.8 Å². The van der Waals surface area contributed by atoms with Gasteiger partial charge in [-0.05, 0) is 36.3 Å². The van der Waals surface area contributed by atoms with Crippen molar-refractivity contribution in [3.05, 3.63) is 137 Å². The van der Waals surface area contributed by atoms with E-state index in [1.807, 2.05) is 0 Å². The molecule has 3 aromatic carbocycles. The van der Waals surface area contributed by atoms with E-state index in [1.165, 1.54) is 6.08 Å². The molecule has 1 fully saturated rings. The Morgan fingerprint density at radius 1 is 0.918 bits per heavy atom. The summed E-state index contributed by atoms with van der Waals surface area (Å²) in [6, 6.07) is 24.8. The molecule has 0 radical (unpaired) electrons. The highest BCUT2D eigenvalue weighted by Gasteiger charge is 2.69. The van der Waals surface area contributed by atoms with Gasteiger partial charge in [0.15, 0.2) is 18.5 Å². The van der Waals surface area contributed by atoms with E-state index in [4.69, 9.17) is 14.2 Å². The Hall–Kier alpha value is -5.62. The van der Waals surface area contributed by atoms with Crippen molar-refractivity contribution in [1.29, 1.82) is 0 Å². The van der Waals surface area contributed by atoms with E-state index in [-0.39, 0.29) is 5.57 Å². The van der Waals surface area contributed by atoms with Crippen LogP contribution in [0.25, 0.3) is 0 Å². The highest BCUT2D eigenvalue weighted by atomic mass is 32.2. The molecule has 2 amide bonds. The minimum Gasteiger partial charge on any atom is -0.484 e. The van der Waals surface area contributed by atoms with Gasteiger partial charge in [-0.3, -0.25) is 28.3 Å². The van der Waals surface area contributed by atoms with Crippen molar-refractivity contribution in [2.45, 2.75) is 36.9 Å². The maximum atomic E-state index is 14.8. The normalized spacial score (nSPS) is 21.4. The summed E-state index contributed by atoms with van der Waals surface area (Å²) in [7, 11) is -2.05. The number of esters is 2. The predicted molar refractivity (Wildman–Crippen MR) is 180 cm³/mol. The van der Waals surface area contributed by atoms with Crippen molar-refractivity contribution in [2.24, 2.45) is 0 Å². The molecule has 2 unspecified atom stereocenters. The third kappa shape index (κ3) is 7.29. The van der Waals surface area contributed by atoms with Crippen molar-refractivity contribution >= 4 is 40.3 Å². The SMILES string of the molecule is C/C=C/C=C/C(=O)C1(C(=O)OC(c2ccccc2)c2ccccc2)C(COC(C)=O)=CS(=O)[C@@H]2[C@H](NC(=O)COc3ccccc3)C(=O)N21. The van der Waals surface area contributed by atoms with Gasteiger partial charge in [-0.2, -0.15) is 0 Å². The van der Waals surface area contributed by atoms with E-state index in [9.17, 15) is 28.2 Å². The summed E-state index contributed by atoms with van der Waals surface area (Å²) < 4.78 is 30.6. The van der Waals surface area contributed by atoms with Gasteiger partial charge in [-0.15, -0.1) is 0 Å². The summed E-state index contributed by atoms with van der Waals surface area (Å²) in [4.78, 5) is 68.9. The molecule has 12 heteroatoms. The molecule has 0 saturated carbocycles. The number of ketones is 1. The average molecular weight is 683 g/mol. The van der Waals surface area contributed by atoms with Crippen LogP contribution in [0.15, 0.2) is 126 Å². The Balaban J connectivity index is 1.57. The zero-order chi connectivity index (χ0) is 35.0. The summed E-state index contributed by atoms with van der Waals surface area (Å²) in [5.41, 5.74) is -1.60. The van der Waals surface area contributed by atoms with Crippen molar-refractivity contribution < 1.29 is 42.4 Å². The number of carbonyl (C=O) groups is 5. The molecule has 2 heterocycles. The lowest BCUT2D eigenvalue weighted by Gasteiger charge is -2.56. The number of benzene rings is 3. The van der Waals surface area contributed by atoms with Crippen molar-refractivity contribution in [3.63, 3.8) is 0 Å². The number of hydrogen-bond acceptors (Lipinski definition) is 9. The summed E-state index contributed by atoms with van der Waals surface area (Å²) in [6.07, 6.45) is 4.66. The fourth-order valence-electron chi connectivity index (χ4n) is 5.60. The molecule has 1 saturated heterocycles. The molecule has 11 nitrogen and oxygen atoms in total. The molecule has 0 spiro atoms. The monoisotopic (exact) mass is 682 g/mol. The Morgan fingerprint density at radius 2 is 1.51 bits per heavy atom. The third-order valence-corrected chi connectivity index (χ3v) is 9.33. The Labute approximate surface area is 285 Å². The topological polar surface area (TPSA) is 145 Å². The van der Waals surface area contributed by atoms with Gasteiger partial charge in [0.25, 0.3) is 11.8 Å². The van der Waals surface area contributed by atoms with Crippen LogP contribution in [-0.2, 0) is 44.2 Å². The number of β-lactam (4-membered cyclic amide) rings is 1. The maximum Gasteiger partial charge on any atom is 0.345 e. The minimum absolute atomic E-state index is 0.220. The number of fused-ring (bicyclic) bond motifs is 1. The van der Waals surface area contributed by atoms with Gasteiger partial charge in [-0.1, -0.05) is 97.1 Å². The third-order valence-electron chi connectivity index (χ3n) is 7.86. The summed E-state index contributed by atoms with van der Waals surface area (Å²) in [5.74, 6) is -3.93. The molecule has 2 aliphatic heterocycles. The molecule has 1 N–H and O–H groups in total. The zero-order valence-corrected chi connectivity index (χ0v) is 27.5. The number of amides is 2. The van der Waals surface area contributed by atoms with E-state index < -0.39 is 76.6 Å². The molecule has 0 aliphatic carbocycles. The van der Waals surface area contributed by atoms with Crippen LogP contribution < -0.4 is 10.1 Å². The first-order valence-corrected chi connectivity index (χ1v) is 16.6. The van der Waals surface area contributed by atoms with Crippen LogP contribution in [0.2, 0.25) is 0 Å². The Kier molecular flexibility index (Phi) is 11.0. The number of nitrogens with zero attached hydrogens (tertiary/aromatic N) is 1. The number of carbonyl (C=O) groups excluding carboxylic acids is 5. The molecule has 5 rings (SSSR count). The molecule has 49 heavy (non-hydrogen) atoms. The summed E-state index contributed by atoms with van der Waals surface area (Å²) in [6.45, 7) is 1.77. The molecular weight excluding hydrogens is 648 g/mol. The van der Waals surface area contributed by atoms with Gasteiger partial charge < -0.3 is 19.5 Å². The molecule has 4 atom stereocenters. The molecule has 2 aliphatic rings. The minimum atomic E-state index is -2.53. The first-order chi connectivity index (χ1) is 23.7. The zero-order valence-electron chi connectivity index (χ0n) is 26.7. The second kappa shape index (κ2) is 15.5. The Bertz CT molecular complexity index is 1790. The lowest BCUT2D eigenvalue weighted by Crippen LogP contribution is -2.82. The van der Waals surface area contributed by atoms with Gasteiger partial charge in [0, 0.05) is 17.9 Å². The fraction of sp³-hybridized carbons (Fsp3) is 0.216. The van der Waals surface area contributed by atoms with Crippen LogP contribution in [0.5, 0.6) is 5.75 Å². The van der Waals surface area contributed by atoms with Gasteiger partial charge in [0.1, 0.15) is 23.8 Å². The van der Waals surface area contributed by atoms with Gasteiger partial charge in [-0.25, -0.2) is 4.79 Å². The summed E-state index contributed by atoms with van der Waals surface area (Å²) in [5, 5.41) is 2.32. The summed E-state index contributed by atoms with van der Waals surface area (Å²) >= 11 is 0. The molecular formula is C37H34N2O9S. The molecule has 0 bridgehead atoms. The largest absolute Gasteiger partial charge is 0.484 e. The van der Waals surface area contributed by atoms with Crippen LogP contribution in [-0.4, -0.2) is 68.8 Å². The van der Waals surface area contributed by atoms with Gasteiger partial charge >= 0.3 is 11.9 Å². The second-order valence-electron chi connectivity index (χ2n) is 11.1. The average Bonchev–Trinajstić information content (AvgIpc) is 3.11. The quantitative estimate of drug-likeness (QED) is 0.0938. The van der Waals surface area contributed by atoms with E-state index in [0.29, 0.717) is 16.9 Å². The maximum absolute atomic E-state index is 14.8. The predicted octanol–water partition coefficient (Wildman–Crippen LogP) is 3.70. The van der Waals surface area contributed by atoms with E-state index in [1.54, 1.807) is 110 Å². The fourth-order valence-corrected chi connectivity index (χ4v) is 7.18. The molecule has 0 aromatic heterocycles. The van der Waals surface area contributed by atoms with Crippen molar-refractivity contribution in [2.75, 3.05) is 13.2 Å². The van der Waals surface area contributed by atoms with Crippen LogP contribution in [0.4, 0.5) is 0 Å². The van der Waals surface area contributed by atoms with Crippen LogP contribution >= 0.6 is 0 Å². The standard InChI is InChI=1S/C37H34N2O9S/c1-3-4-8-21-30(41)37(36(44)48-33(26-15-9-5-10-16-26)27-17-11-6-12-18-27)28(22-46-25(2)40)24-49(45)35-32(34(43)39(35)37)38-31(42)23-47-29-19-13-7-14-20-29/h3-21,24,32-33,35H,22-23H2,1-2H3,(H,38,42)/b4-3+,21-8+/t32-,35-,37?,49?/m1/s1. The highest BCUT2D eigenvalue weighted by molar-refractivity contribution is 7.88. The van der Waals surface area contributed by atoms with Crippen molar-refractivity contribution in [3.8, 4) is 5.75 Å². The van der Waals surface area contributed by atoms with Gasteiger partial charge in [0.2, 0.25) is 5.54 Å². The smallest absolute Gasteiger partial charge is 0.345 e. The van der Waals surface area contributed by atoms with E-state index >= 15 is 0 Å². The number of para-hydroxylation sites is 1.